The third-order valence-corrected chi connectivity index (χ3v) is 4.65. The molecule has 2 aromatic heterocycles. The highest BCUT2D eigenvalue weighted by atomic mass is 35.5. The second-order valence-corrected chi connectivity index (χ2v) is 6.50. The van der Waals surface area contributed by atoms with E-state index in [1.807, 2.05) is 16.8 Å². The van der Waals surface area contributed by atoms with Crippen LogP contribution in [0.15, 0.2) is 42.6 Å². The fourth-order valence-corrected chi connectivity index (χ4v) is 2.96. The predicted octanol–water partition coefficient (Wildman–Crippen LogP) is 2.93. The molecule has 3 rings (SSSR count). The Hall–Kier alpha value is -3.08. The van der Waals surface area contributed by atoms with Crippen LogP contribution >= 0.6 is 11.6 Å². The van der Waals surface area contributed by atoms with Gasteiger partial charge in [0.25, 0.3) is 0 Å². The summed E-state index contributed by atoms with van der Waals surface area (Å²) in [5, 5.41) is 0.764. The van der Waals surface area contributed by atoms with Crippen LogP contribution in [-0.2, 0) is 16.0 Å². The first-order valence-electron chi connectivity index (χ1n) is 8.51. The van der Waals surface area contributed by atoms with Crippen LogP contribution in [-0.4, -0.2) is 39.8 Å². The Kier molecular flexibility index (Phi) is 5.83. The molecule has 0 bridgehead atoms. The van der Waals surface area contributed by atoms with Crippen LogP contribution in [0.25, 0.3) is 11.0 Å². The maximum atomic E-state index is 12.2. The lowest BCUT2D eigenvalue weighted by atomic mass is 10.0. The second kappa shape index (κ2) is 8.30. The van der Waals surface area contributed by atoms with Gasteiger partial charge in [0.2, 0.25) is 5.28 Å². The topological polar surface area (TPSA) is 92.3 Å². The molecule has 8 heteroatoms. The molecule has 1 unspecified atom stereocenters. The number of esters is 1. The minimum Gasteiger partial charge on any atom is -0.458 e. The van der Waals surface area contributed by atoms with E-state index in [1.54, 1.807) is 30.3 Å². The SMILES string of the molecule is C#CC(CCn1ccc2c(N)nc(Cl)nc21)(COC(=O)c1ccccc1)OC. The maximum absolute atomic E-state index is 12.2. The van der Waals surface area contributed by atoms with E-state index in [9.17, 15) is 4.79 Å². The van der Waals surface area contributed by atoms with E-state index in [4.69, 9.17) is 33.2 Å². The number of benzene rings is 1. The highest BCUT2D eigenvalue weighted by molar-refractivity contribution is 6.28. The van der Waals surface area contributed by atoms with Gasteiger partial charge in [-0.2, -0.15) is 4.98 Å². The van der Waals surface area contributed by atoms with Crippen molar-refractivity contribution in [3.05, 3.63) is 53.4 Å². The third-order valence-electron chi connectivity index (χ3n) is 4.48. The van der Waals surface area contributed by atoms with Crippen LogP contribution < -0.4 is 5.73 Å². The minimum atomic E-state index is -1.08. The molecule has 0 saturated heterocycles. The molecule has 0 saturated carbocycles. The number of carbonyl (C=O) groups excluding carboxylic acids is 1. The van der Waals surface area contributed by atoms with Gasteiger partial charge in [0.1, 0.15) is 18.1 Å². The lowest BCUT2D eigenvalue weighted by Gasteiger charge is -2.26. The lowest BCUT2D eigenvalue weighted by Crippen LogP contribution is -2.37. The number of aryl methyl sites for hydroxylation is 1. The standard InChI is InChI=1S/C20H19ClN4O3/c1-3-20(27-2,13-28-18(26)14-7-5-4-6-8-14)10-12-25-11-9-15-16(22)23-19(21)24-17(15)25/h1,4-9,11H,10,12-13H2,2H3,(H2,22,23,24). The first-order valence-corrected chi connectivity index (χ1v) is 8.89. The van der Waals surface area contributed by atoms with Crippen molar-refractivity contribution < 1.29 is 14.3 Å². The molecule has 0 spiro atoms. The van der Waals surface area contributed by atoms with E-state index in [0.29, 0.717) is 35.4 Å². The van der Waals surface area contributed by atoms with Crippen LogP contribution in [0.1, 0.15) is 16.8 Å². The molecule has 0 fully saturated rings. The Labute approximate surface area is 167 Å². The number of ether oxygens (including phenoxy) is 2. The van der Waals surface area contributed by atoms with E-state index < -0.39 is 11.6 Å². The third kappa shape index (κ3) is 4.09. The van der Waals surface area contributed by atoms with Crippen molar-refractivity contribution in [1.29, 1.82) is 0 Å². The van der Waals surface area contributed by atoms with E-state index in [0.717, 1.165) is 0 Å². The normalized spacial score (nSPS) is 13.0. The minimum absolute atomic E-state index is 0.0664. The van der Waals surface area contributed by atoms with E-state index in [-0.39, 0.29) is 11.9 Å². The van der Waals surface area contributed by atoms with Crippen LogP contribution in [0.2, 0.25) is 5.28 Å². The molecule has 144 valence electrons. The number of methoxy groups -OCH3 is 1. The fraction of sp³-hybridized carbons (Fsp3) is 0.250. The summed E-state index contributed by atoms with van der Waals surface area (Å²) in [5.41, 5.74) is 5.84. The summed E-state index contributed by atoms with van der Waals surface area (Å²) >= 11 is 5.91. The number of halogens is 1. The number of terminal acetylenes is 1. The van der Waals surface area contributed by atoms with E-state index in [1.165, 1.54) is 7.11 Å². The number of nitrogens with two attached hydrogens (primary N) is 1. The molecular formula is C20H19ClN4O3. The monoisotopic (exact) mass is 398 g/mol. The summed E-state index contributed by atoms with van der Waals surface area (Å²) in [6.07, 6.45) is 7.90. The molecule has 0 aliphatic heterocycles. The zero-order valence-electron chi connectivity index (χ0n) is 15.3. The van der Waals surface area contributed by atoms with Gasteiger partial charge in [-0.15, -0.1) is 6.42 Å². The molecule has 0 amide bonds. The van der Waals surface area contributed by atoms with Gasteiger partial charge in [0, 0.05) is 26.3 Å². The number of fused-ring (bicyclic) bond motifs is 1. The van der Waals surface area contributed by atoms with Gasteiger partial charge in [0.05, 0.1) is 10.9 Å². The van der Waals surface area contributed by atoms with Gasteiger partial charge in [-0.1, -0.05) is 24.1 Å². The molecule has 7 nitrogen and oxygen atoms in total. The van der Waals surface area contributed by atoms with Crippen molar-refractivity contribution in [2.45, 2.75) is 18.6 Å². The first-order chi connectivity index (χ1) is 13.5. The summed E-state index contributed by atoms with van der Waals surface area (Å²) in [4.78, 5) is 20.4. The number of carbonyl (C=O) groups is 1. The molecule has 1 aromatic carbocycles. The maximum Gasteiger partial charge on any atom is 0.338 e. The van der Waals surface area contributed by atoms with E-state index in [2.05, 4.69) is 15.9 Å². The summed E-state index contributed by atoms with van der Waals surface area (Å²) in [6, 6.07) is 10.5. The molecule has 28 heavy (non-hydrogen) atoms. The van der Waals surface area contributed by atoms with Crippen molar-refractivity contribution in [2.75, 3.05) is 19.5 Å². The largest absolute Gasteiger partial charge is 0.458 e. The average molecular weight is 399 g/mol. The van der Waals surface area contributed by atoms with Gasteiger partial charge in [-0.3, -0.25) is 0 Å². The lowest BCUT2D eigenvalue weighted by molar-refractivity contribution is -0.0306. The zero-order chi connectivity index (χ0) is 20.1. The van der Waals surface area contributed by atoms with Gasteiger partial charge in [-0.05, 0) is 29.8 Å². The number of nitrogens with zero attached hydrogens (tertiary/aromatic N) is 3. The number of hydrogen-bond donors (Lipinski definition) is 1. The Morgan fingerprint density at radius 1 is 1.32 bits per heavy atom. The number of hydrogen-bond acceptors (Lipinski definition) is 6. The van der Waals surface area contributed by atoms with Gasteiger partial charge in [-0.25, -0.2) is 9.78 Å². The zero-order valence-corrected chi connectivity index (χ0v) is 16.0. The molecule has 2 N–H and O–H groups in total. The predicted molar refractivity (Wildman–Crippen MR) is 107 cm³/mol. The van der Waals surface area contributed by atoms with E-state index >= 15 is 0 Å². The van der Waals surface area contributed by atoms with Crippen molar-refractivity contribution in [3.8, 4) is 12.3 Å². The highest BCUT2D eigenvalue weighted by Gasteiger charge is 2.30. The Bertz CT molecular complexity index is 1030. The van der Waals surface area contributed by atoms with Crippen LogP contribution in [0.5, 0.6) is 0 Å². The van der Waals surface area contributed by atoms with Crippen molar-refractivity contribution in [2.24, 2.45) is 0 Å². The number of aromatic nitrogens is 3. The molecule has 3 aromatic rings. The Balaban J connectivity index is 1.72. The molecule has 2 heterocycles. The summed E-state index contributed by atoms with van der Waals surface area (Å²) in [7, 11) is 1.49. The van der Waals surface area contributed by atoms with Crippen LogP contribution in [0.4, 0.5) is 5.82 Å². The van der Waals surface area contributed by atoms with Crippen LogP contribution in [0.3, 0.4) is 0 Å². The average Bonchev–Trinajstić information content (AvgIpc) is 3.12. The molecule has 0 aliphatic carbocycles. The Morgan fingerprint density at radius 3 is 2.75 bits per heavy atom. The summed E-state index contributed by atoms with van der Waals surface area (Å²) in [6.45, 7) is 0.377. The summed E-state index contributed by atoms with van der Waals surface area (Å²) in [5.74, 6) is 2.45. The van der Waals surface area contributed by atoms with Crippen molar-refractivity contribution >= 4 is 34.4 Å². The molecule has 0 radical (unpaired) electrons. The van der Waals surface area contributed by atoms with Gasteiger partial charge < -0.3 is 19.8 Å². The number of nitrogen functional groups attached to an aromatic ring is 1. The molecule has 0 aliphatic rings. The highest BCUT2D eigenvalue weighted by Crippen LogP contribution is 2.23. The number of anilines is 1. The van der Waals surface area contributed by atoms with Gasteiger partial charge in [0.15, 0.2) is 5.60 Å². The molecular weight excluding hydrogens is 380 g/mol. The second-order valence-electron chi connectivity index (χ2n) is 6.16. The quantitative estimate of drug-likeness (QED) is 0.373. The van der Waals surface area contributed by atoms with Crippen molar-refractivity contribution in [3.63, 3.8) is 0 Å². The summed E-state index contributed by atoms with van der Waals surface area (Å²) < 4.78 is 12.8. The Morgan fingerprint density at radius 2 is 2.07 bits per heavy atom. The number of rotatable bonds is 7. The first kappa shape index (κ1) is 19.7. The van der Waals surface area contributed by atoms with Gasteiger partial charge >= 0.3 is 5.97 Å². The molecule has 1 atom stereocenters. The van der Waals surface area contributed by atoms with Crippen molar-refractivity contribution in [1.82, 2.24) is 14.5 Å². The fourth-order valence-electron chi connectivity index (χ4n) is 2.79. The van der Waals surface area contributed by atoms with Crippen LogP contribution in [0, 0.1) is 12.3 Å². The smallest absolute Gasteiger partial charge is 0.338 e.